The molecule has 0 aliphatic rings. The highest BCUT2D eigenvalue weighted by Crippen LogP contribution is 2.15. The topological polar surface area (TPSA) is 46.2 Å². The van der Waals surface area contributed by atoms with Crippen LogP contribution in [0.15, 0.2) is 36.9 Å². The highest BCUT2D eigenvalue weighted by molar-refractivity contribution is 5.88. The lowest BCUT2D eigenvalue weighted by atomic mass is 10.1. The first kappa shape index (κ1) is 27.1. The Morgan fingerprint density at radius 3 is 1.87 bits per heavy atom. The van der Waals surface area contributed by atoms with Gasteiger partial charge < -0.3 is 14.3 Å². The zero-order chi connectivity index (χ0) is 23.3. The van der Waals surface area contributed by atoms with E-state index in [0.717, 1.165) is 67.4 Å². The van der Waals surface area contributed by atoms with Crippen molar-refractivity contribution in [1.29, 1.82) is 0 Å². The Bertz CT molecular complexity index is 693. The molecule has 1 rings (SSSR count). The summed E-state index contributed by atoms with van der Waals surface area (Å²) in [4.78, 5) is 22.9. The van der Waals surface area contributed by atoms with Crippen LogP contribution in [0.4, 0.5) is 0 Å². The molecule has 0 saturated heterocycles. The number of nitrogens with zero attached hydrogens (tertiary/aromatic N) is 2. The zero-order valence-electron chi connectivity index (χ0n) is 20.6. The fourth-order valence-corrected chi connectivity index (χ4v) is 3.89. The van der Waals surface area contributed by atoms with Gasteiger partial charge in [0.1, 0.15) is 13.1 Å². The van der Waals surface area contributed by atoms with Gasteiger partial charge in [0.05, 0.1) is 41.3 Å². The third-order valence-electron chi connectivity index (χ3n) is 5.65. The van der Waals surface area contributed by atoms with Crippen LogP contribution in [0.25, 0.3) is 0 Å². The molecule has 0 aliphatic carbocycles. The molecule has 0 aromatic heterocycles. The minimum atomic E-state index is 0.142. The molecule has 1 aromatic carbocycles. The fourth-order valence-electron chi connectivity index (χ4n) is 3.89. The van der Waals surface area contributed by atoms with E-state index in [0.29, 0.717) is 12.8 Å². The molecule has 1 aromatic rings. The molecule has 1 N–H and O–H groups in total. The van der Waals surface area contributed by atoms with Crippen molar-refractivity contribution < 1.29 is 18.6 Å². The van der Waals surface area contributed by atoms with E-state index in [4.69, 9.17) is 0 Å². The van der Waals surface area contributed by atoms with Crippen LogP contribution in [0.3, 0.4) is 0 Å². The fraction of sp³-hybridized carbons (Fsp3) is 0.615. The van der Waals surface area contributed by atoms with E-state index < -0.39 is 0 Å². The second kappa shape index (κ2) is 13.4. The molecule has 0 fully saturated rings. The number of carbonyl (C=O) groups is 2. The molecule has 1 amide bonds. The maximum atomic E-state index is 11.6. The van der Waals surface area contributed by atoms with E-state index in [-0.39, 0.29) is 11.7 Å². The summed E-state index contributed by atoms with van der Waals surface area (Å²) in [5.41, 5.74) is 2.69. The molecule has 0 saturated carbocycles. The van der Waals surface area contributed by atoms with E-state index in [1.54, 1.807) is 0 Å². The zero-order valence-corrected chi connectivity index (χ0v) is 20.6. The number of allylic oxidation sites excluding steroid dienone is 1. The molecule has 5 nitrogen and oxygen atoms in total. The first-order valence-corrected chi connectivity index (χ1v) is 11.7. The molecule has 0 bridgehead atoms. The van der Waals surface area contributed by atoms with Crippen molar-refractivity contribution in [2.45, 2.75) is 58.5 Å². The first-order chi connectivity index (χ1) is 14.6. The SMILES string of the molecule is C=CC(=O)CCCC[N+](C)(C)Cc1ccc(C[N+](C)(C)CCCNC(=O)CCC)cc1. The maximum absolute atomic E-state index is 11.6. The van der Waals surface area contributed by atoms with E-state index in [1.807, 2.05) is 6.92 Å². The number of nitrogens with one attached hydrogen (secondary N) is 1. The Labute approximate surface area is 190 Å². The molecular weight excluding hydrogens is 386 g/mol. The smallest absolute Gasteiger partial charge is 0.219 e. The Morgan fingerprint density at radius 1 is 0.871 bits per heavy atom. The minimum Gasteiger partial charge on any atom is -0.356 e. The molecule has 0 aliphatic heterocycles. The summed E-state index contributed by atoms with van der Waals surface area (Å²) in [5, 5.41) is 3.00. The van der Waals surface area contributed by atoms with Crippen LogP contribution in [0.5, 0.6) is 0 Å². The van der Waals surface area contributed by atoms with Crippen molar-refractivity contribution in [2.75, 3.05) is 47.8 Å². The van der Waals surface area contributed by atoms with E-state index >= 15 is 0 Å². The molecule has 0 atom stereocenters. The van der Waals surface area contributed by atoms with Crippen LogP contribution in [-0.4, -0.2) is 68.5 Å². The molecular formula is C26H45N3O2+2. The predicted octanol–water partition coefficient (Wildman–Crippen LogP) is 4.07. The van der Waals surface area contributed by atoms with Gasteiger partial charge in [-0.1, -0.05) is 37.8 Å². The molecule has 31 heavy (non-hydrogen) atoms. The van der Waals surface area contributed by atoms with Gasteiger partial charge in [-0.25, -0.2) is 0 Å². The van der Waals surface area contributed by atoms with E-state index in [1.165, 1.54) is 17.2 Å². The largest absolute Gasteiger partial charge is 0.356 e. The van der Waals surface area contributed by atoms with Crippen molar-refractivity contribution in [3.05, 3.63) is 48.0 Å². The highest BCUT2D eigenvalue weighted by atomic mass is 16.1. The van der Waals surface area contributed by atoms with Crippen molar-refractivity contribution in [1.82, 2.24) is 5.32 Å². The normalized spacial score (nSPS) is 11.9. The van der Waals surface area contributed by atoms with Crippen molar-refractivity contribution in [3.63, 3.8) is 0 Å². The number of quaternary nitrogens is 2. The lowest BCUT2D eigenvalue weighted by Gasteiger charge is -2.31. The summed E-state index contributed by atoms with van der Waals surface area (Å²) in [7, 11) is 9.00. The van der Waals surface area contributed by atoms with Gasteiger partial charge >= 0.3 is 0 Å². The average Bonchev–Trinajstić information content (AvgIpc) is 2.70. The highest BCUT2D eigenvalue weighted by Gasteiger charge is 2.18. The summed E-state index contributed by atoms with van der Waals surface area (Å²) < 4.78 is 1.83. The first-order valence-electron chi connectivity index (χ1n) is 11.7. The van der Waals surface area contributed by atoms with Gasteiger partial charge in [0, 0.05) is 36.9 Å². The van der Waals surface area contributed by atoms with Crippen LogP contribution in [0.2, 0.25) is 0 Å². The number of ketones is 1. The van der Waals surface area contributed by atoms with Crippen LogP contribution in [-0.2, 0) is 22.7 Å². The Balaban J connectivity index is 2.43. The Kier molecular flexibility index (Phi) is 11.7. The van der Waals surface area contributed by atoms with Crippen molar-refractivity contribution in [2.24, 2.45) is 0 Å². The molecule has 0 unspecified atom stereocenters. The molecule has 5 heteroatoms. The number of amides is 1. The molecule has 0 spiro atoms. The van der Waals surface area contributed by atoms with E-state index in [2.05, 4.69) is 64.4 Å². The second-order valence-corrected chi connectivity index (χ2v) is 10.0. The van der Waals surface area contributed by atoms with Crippen molar-refractivity contribution in [3.8, 4) is 0 Å². The summed E-state index contributed by atoms with van der Waals surface area (Å²) in [6.45, 7) is 10.4. The summed E-state index contributed by atoms with van der Waals surface area (Å²) in [6.07, 6.45) is 6.52. The summed E-state index contributed by atoms with van der Waals surface area (Å²) >= 11 is 0. The van der Waals surface area contributed by atoms with Crippen molar-refractivity contribution >= 4 is 11.7 Å². The minimum absolute atomic E-state index is 0.142. The van der Waals surface area contributed by atoms with Crippen LogP contribution >= 0.6 is 0 Å². The molecule has 0 heterocycles. The lowest BCUT2D eigenvalue weighted by Crippen LogP contribution is -2.41. The summed E-state index contributed by atoms with van der Waals surface area (Å²) in [6, 6.07) is 9.01. The third kappa shape index (κ3) is 12.5. The maximum Gasteiger partial charge on any atom is 0.219 e. The van der Waals surface area contributed by atoms with Gasteiger partial charge in [0.15, 0.2) is 5.78 Å². The number of rotatable bonds is 16. The predicted molar refractivity (Wildman–Crippen MR) is 129 cm³/mol. The van der Waals surface area contributed by atoms with Gasteiger partial charge in [-0.3, -0.25) is 9.59 Å². The van der Waals surface area contributed by atoms with Crippen LogP contribution < -0.4 is 5.32 Å². The average molecular weight is 432 g/mol. The lowest BCUT2D eigenvalue weighted by molar-refractivity contribution is -0.904. The number of benzene rings is 1. The monoisotopic (exact) mass is 431 g/mol. The number of hydrogen-bond acceptors (Lipinski definition) is 2. The van der Waals surface area contributed by atoms with Gasteiger partial charge in [-0.15, -0.1) is 0 Å². The number of carbonyl (C=O) groups excluding carboxylic acids is 2. The quantitative estimate of drug-likeness (QED) is 0.244. The van der Waals surface area contributed by atoms with E-state index in [9.17, 15) is 9.59 Å². The van der Waals surface area contributed by atoms with Gasteiger partial charge in [-0.05, 0) is 25.3 Å². The van der Waals surface area contributed by atoms with Gasteiger partial charge in [-0.2, -0.15) is 0 Å². The Hall–Kier alpha value is -1.98. The standard InChI is InChI=1S/C26H44N3O2/c1-7-12-26(31)27-18-11-20-29(5,6)22-24-16-14-23(15-17-24)21-28(3,4)19-10-9-13-25(30)8-2/h8,14-17H,2,7,9-13,18-22H2,1,3-6H3/q+1/p+1. The van der Waals surface area contributed by atoms with Gasteiger partial charge in [0.2, 0.25) is 5.91 Å². The Morgan fingerprint density at radius 2 is 1.39 bits per heavy atom. The van der Waals surface area contributed by atoms with Crippen LogP contribution in [0.1, 0.15) is 56.6 Å². The van der Waals surface area contributed by atoms with Crippen LogP contribution in [0, 0.1) is 0 Å². The molecule has 174 valence electrons. The third-order valence-corrected chi connectivity index (χ3v) is 5.65. The second-order valence-electron chi connectivity index (χ2n) is 10.0. The number of hydrogen-bond donors (Lipinski definition) is 1. The molecule has 0 radical (unpaired) electrons. The summed E-state index contributed by atoms with van der Waals surface area (Å²) in [5.74, 6) is 0.304. The number of unbranched alkanes of at least 4 members (excludes halogenated alkanes) is 1. The van der Waals surface area contributed by atoms with Gasteiger partial charge in [0.25, 0.3) is 0 Å².